The van der Waals surface area contributed by atoms with E-state index in [1.54, 1.807) is 12.1 Å². The third-order valence-corrected chi connectivity index (χ3v) is 1.03. The van der Waals surface area contributed by atoms with Gasteiger partial charge >= 0.3 is 0 Å². The molecule has 0 spiro atoms. The van der Waals surface area contributed by atoms with Crippen molar-refractivity contribution < 1.29 is 10.2 Å². The average Bonchev–Trinajstić information content (AvgIpc) is 2.00. The molecule has 1 rings (SSSR count). The molecule has 0 heterocycles. The number of phenols is 1. The van der Waals surface area contributed by atoms with Crippen molar-refractivity contribution in [1.82, 2.24) is 0 Å². The molecule has 2 N–H and O–H groups in total. The summed E-state index contributed by atoms with van der Waals surface area (Å²) in [5.41, 5.74) is 1.17. The third kappa shape index (κ3) is 3.10. The average molecular weight is 140 g/mol. The monoisotopic (exact) mass is 140 g/mol. The SMILES string of the molecule is CO.Cc1ccc(O)cc1. The smallest absolute Gasteiger partial charge is 0.115 e. The van der Waals surface area contributed by atoms with Gasteiger partial charge in [0.25, 0.3) is 0 Å². The fourth-order valence-corrected chi connectivity index (χ4v) is 0.545. The number of hydrogen-bond acceptors (Lipinski definition) is 2. The van der Waals surface area contributed by atoms with Crippen molar-refractivity contribution >= 4 is 0 Å². The first-order chi connectivity index (χ1) is 4.79. The Morgan fingerprint density at radius 3 is 1.70 bits per heavy atom. The third-order valence-electron chi connectivity index (χ3n) is 1.03. The number of rotatable bonds is 0. The van der Waals surface area contributed by atoms with E-state index in [0.29, 0.717) is 5.75 Å². The van der Waals surface area contributed by atoms with E-state index in [-0.39, 0.29) is 0 Å². The van der Waals surface area contributed by atoms with Crippen molar-refractivity contribution in [2.24, 2.45) is 0 Å². The normalized spacial score (nSPS) is 7.90. The quantitative estimate of drug-likeness (QED) is 0.570. The Hall–Kier alpha value is -1.02. The lowest BCUT2D eigenvalue weighted by molar-refractivity contribution is 0.399. The Balaban J connectivity index is 0.000000371. The summed E-state index contributed by atoms with van der Waals surface area (Å²) in [6.45, 7) is 1.99. The molecule has 0 radical (unpaired) electrons. The minimum absolute atomic E-state index is 0.329. The van der Waals surface area contributed by atoms with E-state index in [2.05, 4.69) is 0 Å². The van der Waals surface area contributed by atoms with Crippen molar-refractivity contribution in [2.45, 2.75) is 6.92 Å². The predicted octanol–water partition coefficient (Wildman–Crippen LogP) is 1.31. The van der Waals surface area contributed by atoms with Gasteiger partial charge in [-0.2, -0.15) is 0 Å². The lowest BCUT2D eigenvalue weighted by Gasteiger charge is -1.89. The standard InChI is InChI=1S/C7H8O.CH4O/c1-6-2-4-7(8)5-3-6;1-2/h2-5,8H,1H3;2H,1H3. The fourth-order valence-electron chi connectivity index (χ4n) is 0.545. The Kier molecular flexibility index (Phi) is 4.33. The van der Waals surface area contributed by atoms with E-state index in [1.807, 2.05) is 19.1 Å². The highest BCUT2D eigenvalue weighted by atomic mass is 16.3. The lowest BCUT2D eigenvalue weighted by atomic mass is 10.2. The van der Waals surface area contributed by atoms with Crippen LogP contribution >= 0.6 is 0 Å². The Morgan fingerprint density at radius 1 is 1.00 bits per heavy atom. The molecule has 2 heteroatoms. The van der Waals surface area contributed by atoms with Gasteiger partial charge in [0, 0.05) is 7.11 Å². The van der Waals surface area contributed by atoms with Crippen molar-refractivity contribution in [1.29, 1.82) is 0 Å². The van der Waals surface area contributed by atoms with Gasteiger partial charge in [-0.15, -0.1) is 0 Å². The first kappa shape index (κ1) is 8.98. The molecule has 0 fully saturated rings. The van der Waals surface area contributed by atoms with E-state index < -0.39 is 0 Å². The molecule has 0 amide bonds. The van der Waals surface area contributed by atoms with E-state index in [9.17, 15) is 0 Å². The van der Waals surface area contributed by atoms with E-state index in [4.69, 9.17) is 10.2 Å². The summed E-state index contributed by atoms with van der Waals surface area (Å²) in [7, 11) is 1.00. The van der Waals surface area contributed by atoms with Gasteiger partial charge < -0.3 is 10.2 Å². The van der Waals surface area contributed by atoms with Crippen LogP contribution in [-0.4, -0.2) is 17.3 Å². The zero-order chi connectivity index (χ0) is 7.98. The van der Waals surface area contributed by atoms with Crippen LogP contribution in [0, 0.1) is 6.92 Å². The van der Waals surface area contributed by atoms with Gasteiger partial charge in [-0.1, -0.05) is 17.7 Å². The van der Waals surface area contributed by atoms with E-state index >= 15 is 0 Å². The van der Waals surface area contributed by atoms with Crippen LogP contribution in [0.3, 0.4) is 0 Å². The number of benzene rings is 1. The van der Waals surface area contributed by atoms with Crippen molar-refractivity contribution in [3.8, 4) is 5.75 Å². The molecule has 0 aliphatic carbocycles. The molecule has 0 aromatic heterocycles. The summed E-state index contributed by atoms with van der Waals surface area (Å²) >= 11 is 0. The number of hydrogen-bond donors (Lipinski definition) is 2. The van der Waals surface area contributed by atoms with Crippen LogP contribution in [-0.2, 0) is 0 Å². The Bertz CT molecular complexity index is 146. The molecule has 1 aromatic rings. The summed E-state index contributed by atoms with van der Waals surface area (Å²) < 4.78 is 0. The van der Waals surface area contributed by atoms with E-state index in [0.717, 1.165) is 7.11 Å². The second kappa shape index (κ2) is 4.82. The minimum Gasteiger partial charge on any atom is -0.508 e. The molecule has 0 aliphatic rings. The molecule has 0 aliphatic heterocycles. The highest BCUT2D eigenvalue weighted by molar-refractivity contribution is 5.24. The van der Waals surface area contributed by atoms with Crippen molar-refractivity contribution in [2.75, 3.05) is 7.11 Å². The van der Waals surface area contributed by atoms with Gasteiger partial charge in [-0.05, 0) is 19.1 Å². The number of phenolic OH excluding ortho intramolecular Hbond substituents is 1. The maximum absolute atomic E-state index is 8.76. The van der Waals surface area contributed by atoms with E-state index in [1.165, 1.54) is 5.56 Å². The number of aliphatic hydroxyl groups excluding tert-OH is 1. The predicted molar refractivity (Wildman–Crippen MR) is 41.0 cm³/mol. The topological polar surface area (TPSA) is 40.5 Å². The molecule has 0 unspecified atom stereocenters. The van der Waals surface area contributed by atoms with Crippen LogP contribution in [0.4, 0.5) is 0 Å². The highest BCUT2D eigenvalue weighted by Gasteiger charge is 1.82. The van der Waals surface area contributed by atoms with Gasteiger partial charge in [0.15, 0.2) is 0 Å². The lowest BCUT2D eigenvalue weighted by Crippen LogP contribution is -1.66. The van der Waals surface area contributed by atoms with Crippen LogP contribution < -0.4 is 0 Å². The van der Waals surface area contributed by atoms with Gasteiger partial charge in [-0.25, -0.2) is 0 Å². The zero-order valence-corrected chi connectivity index (χ0v) is 6.20. The maximum Gasteiger partial charge on any atom is 0.115 e. The van der Waals surface area contributed by atoms with Crippen molar-refractivity contribution in [3.63, 3.8) is 0 Å². The molecular formula is C8H12O2. The number of aromatic hydroxyl groups is 1. The van der Waals surface area contributed by atoms with Crippen LogP contribution in [0.1, 0.15) is 5.56 Å². The van der Waals surface area contributed by atoms with Crippen LogP contribution in [0.2, 0.25) is 0 Å². The van der Waals surface area contributed by atoms with Gasteiger partial charge in [0.2, 0.25) is 0 Å². The molecule has 56 valence electrons. The highest BCUT2D eigenvalue weighted by Crippen LogP contribution is 2.07. The van der Waals surface area contributed by atoms with Gasteiger partial charge in [0.1, 0.15) is 5.75 Å². The summed E-state index contributed by atoms with van der Waals surface area (Å²) in [6.07, 6.45) is 0. The first-order valence-electron chi connectivity index (χ1n) is 2.99. The van der Waals surface area contributed by atoms with Gasteiger partial charge in [0.05, 0.1) is 0 Å². The molecule has 0 atom stereocenters. The minimum atomic E-state index is 0.329. The summed E-state index contributed by atoms with van der Waals surface area (Å²) in [5.74, 6) is 0.329. The van der Waals surface area contributed by atoms with Crippen molar-refractivity contribution in [3.05, 3.63) is 29.8 Å². The molecule has 2 nitrogen and oxygen atoms in total. The number of aryl methyl sites for hydroxylation is 1. The molecular weight excluding hydrogens is 128 g/mol. The fraction of sp³-hybridized carbons (Fsp3) is 0.250. The largest absolute Gasteiger partial charge is 0.508 e. The Labute approximate surface area is 60.8 Å². The van der Waals surface area contributed by atoms with Crippen LogP contribution in [0.25, 0.3) is 0 Å². The zero-order valence-electron chi connectivity index (χ0n) is 6.20. The second-order valence-electron chi connectivity index (χ2n) is 1.84. The maximum atomic E-state index is 8.76. The Morgan fingerprint density at radius 2 is 1.40 bits per heavy atom. The summed E-state index contributed by atoms with van der Waals surface area (Å²) in [4.78, 5) is 0. The molecule has 10 heavy (non-hydrogen) atoms. The van der Waals surface area contributed by atoms with Gasteiger partial charge in [-0.3, -0.25) is 0 Å². The number of aliphatic hydroxyl groups is 1. The summed E-state index contributed by atoms with van der Waals surface area (Å²) in [6, 6.07) is 7.09. The van der Waals surface area contributed by atoms with Crippen LogP contribution in [0.5, 0.6) is 5.75 Å². The molecule has 0 saturated heterocycles. The second-order valence-corrected chi connectivity index (χ2v) is 1.84. The molecule has 0 saturated carbocycles. The molecule has 0 bridgehead atoms. The molecule has 1 aromatic carbocycles. The summed E-state index contributed by atoms with van der Waals surface area (Å²) in [5, 5.41) is 15.8. The first-order valence-corrected chi connectivity index (χ1v) is 2.99. The van der Waals surface area contributed by atoms with Crippen LogP contribution in [0.15, 0.2) is 24.3 Å².